The summed E-state index contributed by atoms with van der Waals surface area (Å²) in [7, 11) is 0. The van der Waals surface area contributed by atoms with Crippen molar-refractivity contribution in [2.45, 2.75) is 12.5 Å². The van der Waals surface area contributed by atoms with Crippen LogP contribution in [0.15, 0.2) is 48.0 Å². The van der Waals surface area contributed by atoms with Crippen molar-refractivity contribution in [3.05, 3.63) is 64.2 Å². The van der Waals surface area contributed by atoms with Crippen LogP contribution in [0.5, 0.6) is 11.5 Å². The van der Waals surface area contributed by atoms with Crippen molar-refractivity contribution in [1.82, 2.24) is 9.80 Å². The third kappa shape index (κ3) is 4.87. The Hall–Kier alpha value is -3.07. The molecular formula is C26H27ClN2O6. The van der Waals surface area contributed by atoms with Crippen LogP contribution in [0.2, 0.25) is 5.02 Å². The summed E-state index contributed by atoms with van der Waals surface area (Å²) in [4.78, 5) is 30.2. The molecule has 0 radical (unpaired) electrons. The fourth-order valence-electron chi connectivity index (χ4n) is 4.74. The molecule has 8 nitrogen and oxygen atoms in total. The van der Waals surface area contributed by atoms with Crippen LogP contribution in [0.1, 0.15) is 23.6 Å². The molecule has 3 aliphatic rings. The molecule has 2 fully saturated rings. The van der Waals surface area contributed by atoms with Gasteiger partial charge in [0.15, 0.2) is 11.5 Å². The van der Waals surface area contributed by atoms with E-state index in [1.54, 1.807) is 47.4 Å². The Morgan fingerprint density at radius 1 is 0.943 bits per heavy atom. The van der Waals surface area contributed by atoms with Crippen LogP contribution in [0.25, 0.3) is 5.76 Å². The Balaban J connectivity index is 1.48. The van der Waals surface area contributed by atoms with E-state index in [1.165, 1.54) is 0 Å². The number of ketones is 1. The maximum Gasteiger partial charge on any atom is 0.295 e. The molecule has 1 unspecified atom stereocenters. The highest BCUT2D eigenvalue weighted by atomic mass is 35.5. The molecular weight excluding hydrogens is 472 g/mol. The molecule has 3 aliphatic heterocycles. The summed E-state index contributed by atoms with van der Waals surface area (Å²) in [6.45, 7) is 5.12. The summed E-state index contributed by atoms with van der Waals surface area (Å²) in [5.74, 6) is -0.501. The monoisotopic (exact) mass is 498 g/mol. The molecule has 35 heavy (non-hydrogen) atoms. The molecule has 2 aromatic carbocycles. The largest absolute Gasteiger partial charge is 0.507 e. The molecule has 2 aromatic rings. The number of amides is 1. The number of hydrogen-bond donors (Lipinski definition) is 1. The van der Waals surface area contributed by atoms with E-state index < -0.39 is 17.7 Å². The maximum absolute atomic E-state index is 13.2. The highest BCUT2D eigenvalue weighted by Crippen LogP contribution is 2.41. The fraction of sp³-hybridized carbons (Fsp3) is 0.385. The normalized spacial score (nSPS) is 22.0. The minimum absolute atomic E-state index is 0.0559. The first-order valence-electron chi connectivity index (χ1n) is 11.8. The number of morpholine rings is 1. The van der Waals surface area contributed by atoms with E-state index in [0.29, 0.717) is 67.0 Å². The number of nitrogens with zero attached hydrogens (tertiary/aromatic N) is 2. The minimum atomic E-state index is -0.717. The van der Waals surface area contributed by atoms with E-state index in [0.717, 1.165) is 19.6 Å². The molecule has 1 N–H and O–H groups in total. The number of carbonyl (C=O) groups excluding carboxylic acids is 2. The highest BCUT2D eigenvalue weighted by Gasteiger charge is 2.45. The Bertz CT molecular complexity index is 1140. The number of halogens is 1. The molecule has 0 spiro atoms. The number of ether oxygens (including phenoxy) is 3. The quantitative estimate of drug-likeness (QED) is 0.371. The van der Waals surface area contributed by atoms with Gasteiger partial charge in [-0.25, -0.2) is 0 Å². The number of carbonyl (C=O) groups is 2. The summed E-state index contributed by atoms with van der Waals surface area (Å²) < 4.78 is 16.6. The van der Waals surface area contributed by atoms with Crippen molar-refractivity contribution in [3.63, 3.8) is 0 Å². The summed E-state index contributed by atoms with van der Waals surface area (Å²) in [6.07, 6.45) is 0.696. The Kier molecular flexibility index (Phi) is 6.95. The first-order valence-corrected chi connectivity index (χ1v) is 12.1. The third-order valence-corrected chi connectivity index (χ3v) is 6.77. The van der Waals surface area contributed by atoms with Crippen LogP contribution >= 0.6 is 11.6 Å². The van der Waals surface area contributed by atoms with Crippen molar-refractivity contribution >= 4 is 29.1 Å². The van der Waals surface area contributed by atoms with E-state index in [9.17, 15) is 14.7 Å². The number of Topliss-reactive ketones (excluding diaryl/α,β-unsaturated/α-hetero) is 1. The first kappa shape index (κ1) is 23.7. The van der Waals surface area contributed by atoms with E-state index in [4.69, 9.17) is 25.8 Å². The van der Waals surface area contributed by atoms with Crippen LogP contribution in [0.3, 0.4) is 0 Å². The van der Waals surface area contributed by atoms with Crippen LogP contribution in [-0.4, -0.2) is 79.2 Å². The SMILES string of the molecule is O=C1C(=O)N(CCCN2CCOCC2)C(c2ccc(Cl)cc2)/C1=C(\O)c1ccc2c(c1)OCCO2. The second kappa shape index (κ2) is 10.3. The van der Waals surface area contributed by atoms with E-state index in [-0.39, 0.29) is 11.3 Å². The second-order valence-electron chi connectivity index (χ2n) is 8.71. The number of hydrogen-bond acceptors (Lipinski definition) is 7. The molecule has 2 saturated heterocycles. The van der Waals surface area contributed by atoms with Crippen LogP contribution in [-0.2, 0) is 14.3 Å². The van der Waals surface area contributed by atoms with Crippen molar-refractivity contribution in [1.29, 1.82) is 0 Å². The molecule has 0 saturated carbocycles. The average Bonchev–Trinajstić information content (AvgIpc) is 3.14. The zero-order chi connectivity index (χ0) is 24.4. The minimum Gasteiger partial charge on any atom is -0.507 e. The molecule has 9 heteroatoms. The average molecular weight is 499 g/mol. The molecule has 0 bridgehead atoms. The Morgan fingerprint density at radius 2 is 1.66 bits per heavy atom. The standard InChI is InChI=1S/C26H27ClN2O6/c27-19-5-2-17(3-6-19)23-22(24(30)18-4-7-20-21(16-18)35-15-14-34-20)25(31)26(32)29(23)9-1-8-28-10-12-33-13-11-28/h2-7,16,23,30H,1,8-15H2/b24-22+. The van der Waals surface area contributed by atoms with Gasteiger partial charge in [0.1, 0.15) is 19.0 Å². The Labute approximate surface area is 208 Å². The van der Waals surface area contributed by atoms with Crippen molar-refractivity contribution < 1.29 is 28.9 Å². The fourth-order valence-corrected chi connectivity index (χ4v) is 4.86. The predicted octanol–water partition coefficient (Wildman–Crippen LogP) is 3.26. The predicted molar refractivity (Wildman–Crippen MR) is 130 cm³/mol. The molecule has 184 valence electrons. The van der Waals surface area contributed by atoms with Crippen molar-refractivity contribution in [3.8, 4) is 11.5 Å². The van der Waals surface area contributed by atoms with Crippen LogP contribution in [0.4, 0.5) is 0 Å². The smallest absolute Gasteiger partial charge is 0.295 e. The second-order valence-corrected chi connectivity index (χ2v) is 9.15. The third-order valence-electron chi connectivity index (χ3n) is 6.52. The van der Waals surface area contributed by atoms with Gasteiger partial charge < -0.3 is 24.2 Å². The number of rotatable bonds is 6. The number of aliphatic hydroxyl groups excluding tert-OH is 1. The van der Waals surface area contributed by atoms with Gasteiger partial charge in [0.25, 0.3) is 11.7 Å². The number of aliphatic hydroxyl groups is 1. The number of fused-ring (bicyclic) bond motifs is 1. The van der Waals surface area contributed by atoms with E-state index in [2.05, 4.69) is 4.90 Å². The van der Waals surface area contributed by atoms with Gasteiger partial charge in [-0.3, -0.25) is 14.5 Å². The lowest BCUT2D eigenvalue weighted by Crippen LogP contribution is -2.38. The zero-order valence-electron chi connectivity index (χ0n) is 19.2. The van der Waals surface area contributed by atoms with Crippen LogP contribution in [0, 0.1) is 0 Å². The molecule has 3 heterocycles. The summed E-state index contributed by atoms with van der Waals surface area (Å²) >= 11 is 6.09. The van der Waals surface area contributed by atoms with Gasteiger partial charge in [0.05, 0.1) is 24.8 Å². The van der Waals surface area contributed by atoms with E-state index in [1.807, 2.05) is 0 Å². The Morgan fingerprint density at radius 3 is 2.40 bits per heavy atom. The van der Waals surface area contributed by atoms with Gasteiger partial charge in [-0.15, -0.1) is 0 Å². The van der Waals surface area contributed by atoms with Crippen LogP contribution < -0.4 is 9.47 Å². The molecule has 1 atom stereocenters. The lowest BCUT2D eigenvalue weighted by molar-refractivity contribution is -0.140. The zero-order valence-corrected chi connectivity index (χ0v) is 20.0. The van der Waals surface area contributed by atoms with Gasteiger partial charge in [-0.1, -0.05) is 23.7 Å². The lowest BCUT2D eigenvalue weighted by Gasteiger charge is -2.29. The lowest BCUT2D eigenvalue weighted by atomic mass is 9.95. The topological polar surface area (TPSA) is 88.5 Å². The van der Waals surface area contributed by atoms with Gasteiger partial charge in [-0.05, 0) is 42.3 Å². The summed E-state index contributed by atoms with van der Waals surface area (Å²) in [5.41, 5.74) is 1.15. The maximum atomic E-state index is 13.2. The molecule has 0 aromatic heterocycles. The van der Waals surface area contributed by atoms with Crippen molar-refractivity contribution in [2.24, 2.45) is 0 Å². The molecule has 0 aliphatic carbocycles. The van der Waals surface area contributed by atoms with Gasteiger partial charge in [0, 0.05) is 36.8 Å². The highest BCUT2D eigenvalue weighted by molar-refractivity contribution is 6.46. The van der Waals surface area contributed by atoms with Crippen molar-refractivity contribution in [2.75, 3.05) is 52.6 Å². The summed E-state index contributed by atoms with van der Waals surface area (Å²) in [6, 6.07) is 11.3. The summed E-state index contributed by atoms with van der Waals surface area (Å²) in [5, 5.41) is 11.8. The molecule has 1 amide bonds. The first-order chi connectivity index (χ1) is 17.0. The van der Waals surface area contributed by atoms with Gasteiger partial charge >= 0.3 is 0 Å². The van der Waals surface area contributed by atoms with E-state index >= 15 is 0 Å². The van der Waals surface area contributed by atoms with Gasteiger partial charge in [-0.2, -0.15) is 0 Å². The van der Waals surface area contributed by atoms with Gasteiger partial charge in [0.2, 0.25) is 0 Å². The number of benzene rings is 2. The number of likely N-dealkylation sites (tertiary alicyclic amines) is 1. The molecule has 5 rings (SSSR count).